The molecule has 0 bridgehead atoms. The summed E-state index contributed by atoms with van der Waals surface area (Å²) in [6, 6.07) is 5.35. The molecule has 1 saturated carbocycles. The van der Waals surface area contributed by atoms with Gasteiger partial charge >= 0.3 is 0 Å². The maximum atomic E-state index is 9.58. The van der Waals surface area contributed by atoms with Crippen molar-refractivity contribution in [3.63, 3.8) is 0 Å². The maximum absolute atomic E-state index is 9.58. The Bertz CT molecular complexity index is 636. The first kappa shape index (κ1) is 14.1. The summed E-state index contributed by atoms with van der Waals surface area (Å²) in [5.74, 6) is 2.06. The molecule has 1 aliphatic carbocycles. The lowest BCUT2D eigenvalue weighted by atomic mass is 9.73. The van der Waals surface area contributed by atoms with Crippen molar-refractivity contribution in [2.24, 2.45) is 5.41 Å². The molecule has 1 N–H and O–H groups in total. The fourth-order valence-corrected chi connectivity index (χ4v) is 2.96. The van der Waals surface area contributed by atoms with Crippen LogP contribution in [0.15, 0.2) is 22.7 Å². The lowest BCUT2D eigenvalue weighted by molar-refractivity contribution is 0.218. The average molecular weight is 286 g/mol. The molecule has 0 radical (unpaired) electrons. The van der Waals surface area contributed by atoms with Crippen LogP contribution in [-0.4, -0.2) is 15.2 Å². The van der Waals surface area contributed by atoms with E-state index < -0.39 is 0 Å². The molecular formula is C17H22N2O2. The number of aromatic nitrogens is 2. The first-order valence-electron chi connectivity index (χ1n) is 7.58. The highest BCUT2D eigenvalue weighted by Gasteiger charge is 2.30. The molecule has 0 saturated heterocycles. The van der Waals surface area contributed by atoms with E-state index in [0.29, 0.717) is 17.2 Å². The number of hydrogen-bond donors (Lipinski definition) is 1. The largest absolute Gasteiger partial charge is 0.508 e. The fourth-order valence-electron chi connectivity index (χ4n) is 2.96. The van der Waals surface area contributed by atoms with Crippen molar-refractivity contribution in [1.82, 2.24) is 10.1 Å². The van der Waals surface area contributed by atoms with Crippen molar-refractivity contribution in [3.05, 3.63) is 29.6 Å². The summed E-state index contributed by atoms with van der Waals surface area (Å²) in [7, 11) is 0. The molecule has 0 amide bonds. The SMILES string of the molecule is Cc1cc(-c2nc(C3CCC(C)(C)CC3)no2)ccc1O. The third-order valence-corrected chi connectivity index (χ3v) is 4.59. The van der Waals surface area contributed by atoms with Crippen LogP contribution in [0.25, 0.3) is 11.5 Å². The number of nitrogens with zero attached hydrogens (tertiary/aromatic N) is 2. The predicted octanol–water partition coefficient (Wildman–Crippen LogP) is 4.43. The molecule has 1 fully saturated rings. The van der Waals surface area contributed by atoms with Gasteiger partial charge in [0.1, 0.15) is 5.75 Å². The lowest BCUT2D eigenvalue weighted by Crippen LogP contribution is -2.20. The zero-order chi connectivity index (χ0) is 15.0. The van der Waals surface area contributed by atoms with Crippen LogP contribution >= 0.6 is 0 Å². The zero-order valence-corrected chi connectivity index (χ0v) is 12.9. The van der Waals surface area contributed by atoms with E-state index in [0.717, 1.165) is 29.8 Å². The topological polar surface area (TPSA) is 59.2 Å². The molecule has 1 aromatic carbocycles. The maximum Gasteiger partial charge on any atom is 0.257 e. The van der Waals surface area contributed by atoms with Crippen molar-refractivity contribution < 1.29 is 9.63 Å². The molecule has 1 heterocycles. The second kappa shape index (κ2) is 5.17. The van der Waals surface area contributed by atoms with E-state index in [-0.39, 0.29) is 5.75 Å². The molecule has 2 aromatic rings. The highest BCUT2D eigenvalue weighted by molar-refractivity contribution is 5.56. The van der Waals surface area contributed by atoms with Crippen molar-refractivity contribution in [3.8, 4) is 17.2 Å². The molecule has 4 heteroatoms. The monoisotopic (exact) mass is 286 g/mol. The second-order valence-electron chi connectivity index (χ2n) is 6.90. The van der Waals surface area contributed by atoms with Gasteiger partial charge < -0.3 is 9.63 Å². The number of phenols is 1. The van der Waals surface area contributed by atoms with Crippen molar-refractivity contribution in [2.75, 3.05) is 0 Å². The zero-order valence-electron chi connectivity index (χ0n) is 12.9. The molecule has 1 aromatic heterocycles. The number of phenolic OH excluding ortho intramolecular Hbond substituents is 1. The summed E-state index contributed by atoms with van der Waals surface area (Å²) in [4.78, 5) is 4.56. The summed E-state index contributed by atoms with van der Waals surface area (Å²) < 4.78 is 5.41. The first-order chi connectivity index (χ1) is 9.94. The van der Waals surface area contributed by atoms with Crippen LogP contribution in [0, 0.1) is 12.3 Å². The molecule has 1 aliphatic rings. The lowest BCUT2D eigenvalue weighted by Gasteiger charge is -2.32. The van der Waals surface area contributed by atoms with E-state index >= 15 is 0 Å². The van der Waals surface area contributed by atoms with E-state index in [1.54, 1.807) is 6.07 Å². The molecule has 0 unspecified atom stereocenters. The number of aromatic hydroxyl groups is 1. The normalized spacial score (nSPS) is 18.8. The highest BCUT2D eigenvalue weighted by atomic mass is 16.5. The molecule has 0 spiro atoms. The molecule has 0 atom stereocenters. The molecule has 112 valence electrons. The van der Waals surface area contributed by atoms with Crippen molar-refractivity contribution in [2.45, 2.75) is 52.4 Å². The smallest absolute Gasteiger partial charge is 0.257 e. The number of aryl methyl sites for hydroxylation is 1. The summed E-state index contributed by atoms with van der Waals surface area (Å²) in [6.45, 7) is 6.51. The van der Waals surface area contributed by atoms with Gasteiger partial charge in [-0.25, -0.2) is 0 Å². The summed E-state index contributed by atoms with van der Waals surface area (Å²) in [6.07, 6.45) is 4.67. The Labute approximate surface area is 125 Å². The van der Waals surface area contributed by atoms with E-state index in [1.807, 2.05) is 19.1 Å². The molecule has 0 aliphatic heterocycles. The van der Waals surface area contributed by atoms with Crippen LogP contribution in [0.4, 0.5) is 0 Å². The average Bonchev–Trinajstić information content (AvgIpc) is 2.91. The Balaban J connectivity index is 1.79. The minimum Gasteiger partial charge on any atom is -0.508 e. The summed E-state index contributed by atoms with van der Waals surface area (Å²) >= 11 is 0. The van der Waals surface area contributed by atoms with Crippen LogP contribution in [0.1, 0.15) is 56.8 Å². The van der Waals surface area contributed by atoms with E-state index in [4.69, 9.17) is 4.52 Å². The van der Waals surface area contributed by atoms with Gasteiger partial charge in [0.2, 0.25) is 0 Å². The number of hydrogen-bond acceptors (Lipinski definition) is 4. The van der Waals surface area contributed by atoms with Gasteiger partial charge in [-0.1, -0.05) is 19.0 Å². The first-order valence-corrected chi connectivity index (χ1v) is 7.58. The van der Waals surface area contributed by atoms with E-state index in [1.165, 1.54) is 12.8 Å². The van der Waals surface area contributed by atoms with Crippen LogP contribution in [0.2, 0.25) is 0 Å². The van der Waals surface area contributed by atoms with E-state index in [2.05, 4.69) is 24.0 Å². The molecule has 3 rings (SSSR count). The quantitative estimate of drug-likeness (QED) is 0.887. The van der Waals surface area contributed by atoms with Gasteiger partial charge in [-0.05, 0) is 61.8 Å². The van der Waals surface area contributed by atoms with Crippen LogP contribution in [-0.2, 0) is 0 Å². The number of benzene rings is 1. The fraction of sp³-hybridized carbons (Fsp3) is 0.529. The van der Waals surface area contributed by atoms with E-state index in [9.17, 15) is 5.11 Å². The Hall–Kier alpha value is -1.84. The highest BCUT2D eigenvalue weighted by Crippen LogP contribution is 2.41. The van der Waals surface area contributed by atoms with Crippen molar-refractivity contribution in [1.29, 1.82) is 0 Å². The van der Waals surface area contributed by atoms with Crippen LogP contribution < -0.4 is 0 Å². The van der Waals surface area contributed by atoms with Gasteiger partial charge in [0.15, 0.2) is 5.82 Å². The Morgan fingerprint density at radius 1 is 1.24 bits per heavy atom. The summed E-state index contributed by atoms with van der Waals surface area (Å²) in [5.41, 5.74) is 2.11. The Morgan fingerprint density at radius 2 is 1.95 bits per heavy atom. The Morgan fingerprint density at radius 3 is 2.62 bits per heavy atom. The van der Waals surface area contributed by atoms with Gasteiger partial charge in [-0.15, -0.1) is 0 Å². The van der Waals surface area contributed by atoms with Gasteiger partial charge in [-0.3, -0.25) is 0 Å². The molecule has 4 nitrogen and oxygen atoms in total. The predicted molar refractivity (Wildman–Crippen MR) is 81.1 cm³/mol. The number of rotatable bonds is 2. The molecule has 21 heavy (non-hydrogen) atoms. The van der Waals surface area contributed by atoms with Gasteiger partial charge in [0, 0.05) is 11.5 Å². The van der Waals surface area contributed by atoms with Gasteiger partial charge in [-0.2, -0.15) is 4.98 Å². The molecular weight excluding hydrogens is 264 g/mol. The van der Waals surface area contributed by atoms with Crippen molar-refractivity contribution >= 4 is 0 Å². The van der Waals surface area contributed by atoms with Crippen LogP contribution in [0.5, 0.6) is 5.75 Å². The van der Waals surface area contributed by atoms with Gasteiger partial charge in [0.25, 0.3) is 5.89 Å². The minimum absolute atomic E-state index is 0.285. The second-order valence-corrected chi connectivity index (χ2v) is 6.90. The van der Waals surface area contributed by atoms with Crippen LogP contribution in [0.3, 0.4) is 0 Å². The Kier molecular flexibility index (Phi) is 3.47. The minimum atomic E-state index is 0.285. The standard InChI is InChI=1S/C17H22N2O2/c1-11-10-13(4-5-14(11)20)16-18-15(19-21-16)12-6-8-17(2,3)9-7-12/h4-5,10,12,20H,6-9H2,1-3H3. The summed E-state index contributed by atoms with van der Waals surface area (Å²) in [5, 5.41) is 13.7. The van der Waals surface area contributed by atoms with Gasteiger partial charge in [0.05, 0.1) is 0 Å². The third kappa shape index (κ3) is 2.94. The third-order valence-electron chi connectivity index (χ3n) is 4.59.